The summed E-state index contributed by atoms with van der Waals surface area (Å²) in [7, 11) is 0. The maximum atomic E-state index is 13.8. The summed E-state index contributed by atoms with van der Waals surface area (Å²) in [5.41, 5.74) is -0.773. The summed E-state index contributed by atoms with van der Waals surface area (Å²) >= 11 is 0. The molecule has 7 nitrogen and oxygen atoms in total. The van der Waals surface area contributed by atoms with Gasteiger partial charge in [0.15, 0.2) is 0 Å². The minimum Gasteiger partial charge on any atom is -0.481 e. The van der Waals surface area contributed by atoms with Gasteiger partial charge in [-0.05, 0) is 19.9 Å². The Morgan fingerprint density at radius 3 is 2.52 bits per heavy atom. The summed E-state index contributed by atoms with van der Waals surface area (Å²) in [4.78, 5) is 33.9. The smallest absolute Gasteiger partial charge is 0.305 e. The van der Waals surface area contributed by atoms with Gasteiger partial charge in [0.25, 0.3) is 11.6 Å². The van der Waals surface area contributed by atoms with E-state index in [0.29, 0.717) is 6.07 Å². The number of carboxylic acid groups (broad SMARTS) is 1. The van der Waals surface area contributed by atoms with Gasteiger partial charge < -0.3 is 10.0 Å². The number of carbonyl (C=O) groups excluding carboxylic acids is 1. The molecule has 0 fully saturated rings. The molecule has 114 valence electrons. The average Bonchev–Trinajstić information content (AvgIpc) is 2.38. The fourth-order valence-electron chi connectivity index (χ4n) is 1.96. The van der Waals surface area contributed by atoms with E-state index < -0.39 is 34.3 Å². The predicted octanol–water partition coefficient (Wildman–Crippen LogP) is 2.06. The molecule has 0 aliphatic carbocycles. The van der Waals surface area contributed by atoms with Crippen LogP contribution in [0.5, 0.6) is 0 Å². The molecule has 0 aliphatic rings. The number of halogens is 1. The van der Waals surface area contributed by atoms with Crippen LogP contribution in [0, 0.1) is 15.9 Å². The third-order valence-electron chi connectivity index (χ3n) is 3.00. The number of nitro groups is 1. The second-order valence-electron chi connectivity index (χ2n) is 4.46. The summed E-state index contributed by atoms with van der Waals surface area (Å²) < 4.78 is 13.8. The number of nitrogens with zero attached hydrogens (tertiary/aromatic N) is 2. The van der Waals surface area contributed by atoms with Crippen molar-refractivity contribution in [2.24, 2.45) is 0 Å². The topological polar surface area (TPSA) is 101 Å². The Morgan fingerprint density at radius 2 is 2.10 bits per heavy atom. The first kappa shape index (κ1) is 16.5. The lowest BCUT2D eigenvalue weighted by atomic mass is 10.1. The molecule has 1 rings (SSSR count). The van der Waals surface area contributed by atoms with Gasteiger partial charge in [0, 0.05) is 18.7 Å². The molecular weight excluding hydrogens is 283 g/mol. The zero-order valence-corrected chi connectivity index (χ0v) is 11.6. The highest BCUT2D eigenvalue weighted by Gasteiger charge is 2.25. The number of aliphatic carboxylic acids is 1. The molecule has 1 amide bonds. The van der Waals surface area contributed by atoms with Crippen LogP contribution in [0.25, 0.3) is 0 Å². The molecule has 1 atom stereocenters. The lowest BCUT2D eigenvalue weighted by molar-refractivity contribution is -0.385. The minimum absolute atomic E-state index is 0.198. The third-order valence-corrected chi connectivity index (χ3v) is 3.00. The molecule has 8 heteroatoms. The Bertz CT molecular complexity index is 576. The van der Waals surface area contributed by atoms with Crippen molar-refractivity contribution in [3.63, 3.8) is 0 Å². The van der Waals surface area contributed by atoms with Crippen molar-refractivity contribution in [2.45, 2.75) is 26.3 Å². The summed E-state index contributed by atoms with van der Waals surface area (Å²) in [6.07, 6.45) is -0.270. The highest BCUT2D eigenvalue weighted by Crippen LogP contribution is 2.19. The Kier molecular flexibility index (Phi) is 5.34. The Hall–Kier alpha value is -2.51. The van der Waals surface area contributed by atoms with E-state index >= 15 is 0 Å². The maximum Gasteiger partial charge on any atom is 0.305 e. The number of hydrogen-bond donors (Lipinski definition) is 1. The molecule has 0 aliphatic heterocycles. The molecular formula is C13H15FN2O5. The Balaban J connectivity index is 3.05. The second-order valence-corrected chi connectivity index (χ2v) is 4.46. The predicted molar refractivity (Wildman–Crippen MR) is 71.5 cm³/mol. The van der Waals surface area contributed by atoms with Gasteiger partial charge >= 0.3 is 5.97 Å². The second kappa shape index (κ2) is 6.78. The van der Waals surface area contributed by atoms with Crippen LogP contribution in [-0.4, -0.2) is 39.4 Å². The molecule has 0 radical (unpaired) electrons. The molecule has 1 aromatic carbocycles. The van der Waals surface area contributed by atoms with Gasteiger partial charge in [0.2, 0.25) is 0 Å². The summed E-state index contributed by atoms with van der Waals surface area (Å²) in [6.45, 7) is 3.38. The highest BCUT2D eigenvalue weighted by atomic mass is 19.1. The van der Waals surface area contributed by atoms with Crippen molar-refractivity contribution < 1.29 is 24.0 Å². The van der Waals surface area contributed by atoms with E-state index in [-0.39, 0.29) is 18.5 Å². The monoisotopic (exact) mass is 298 g/mol. The molecule has 21 heavy (non-hydrogen) atoms. The number of hydrogen-bond acceptors (Lipinski definition) is 4. The van der Waals surface area contributed by atoms with Crippen LogP contribution in [0.3, 0.4) is 0 Å². The van der Waals surface area contributed by atoms with Gasteiger partial charge in [-0.3, -0.25) is 19.7 Å². The number of amides is 1. The number of carboxylic acids is 1. The molecule has 1 N–H and O–H groups in total. The molecule has 0 bridgehead atoms. The van der Waals surface area contributed by atoms with Crippen LogP contribution >= 0.6 is 0 Å². The van der Waals surface area contributed by atoms with Crippen LogP contribution in [0.2, 0.25) is 0 Å². The van der Waals surface area contributed by atoms with E-state index in [2.05, 4.69) is 0 Å². The van der Waals surface area contributed by atoms with Crippen molar-refractivity contribution in [3.05, 3.63) is 39.7 Å². The first-order chi connectivity index (χ1) is 9.77. The zero-order chi connectivity index (χ0) is 16.2. The van der Waals surface area contributed by atoms with Crippen LogP contribution in [-0.2, 0) is 4.79 Å². The van der Waals surface area contributed by atoms with E-state index in [0.717, 1.165) is 12.1 Å². The number of carbonyl (C=O) groups is 2. The molecule has 0 heterocycles. The maximum absolute atomic E-state index is 13.8. The Morgan fingerprint density at radius 1 is 1.48 bits per heavy atom. The summed E-state index contributed by atoms with van der Waals surface area (Å²) in [5, 5.41) is 19.3. The normalized spacial score (nSPS) is 11.8. The van der Waals surface area contributed by atoms with Gasteiger partial charge in [-0.15, -0.1) is 0 Å². The quantitative estimate of drug-likeness (QED) is 0.640. The van der Waals surface area contributed by atoms with E-state index in [1.54, 1.807) is 13.8 Å². The summed E-state index contributed by atoms with van der Waals surface area (Å²) in [5.74, 6) is -2.77. The van der Waals surface area contributed by atoms with Crippen LogP contribution in [0.15, 0.2) is 18.2 Å². The fourth-order valence-corrected chi connectivity index (χ4v) is 1.96. The molecule has 1 aromatic rings. The van der Waals surface area contributed by atoms with Crippen molar-refractivity contribution in [3.8, 4) is 0 Å². The lowest BCUT2D eigenvalue weighted by Gasteiger charge is -2.27. The first-order valence-corrected chi connectivity index (χ1v) is 6.24. The minimum atomic E-state index is -1.07. The average molecular weight is 298 g/mol. The van der Waals surface area contributed by atoms with Crippen LogP contribution < -0.4 is 0 Å². The fraction of sp³-hybridized carbons (Fsp3) is 0.385. The van der Waals surface area contributed by atoms with Gasteiger partial charge in [0.05, 0.1) is 23.0 Å². The van der Waals surface area contributed by atoms with Crippen molar-refractivity contribution in [2.75, 3.05) is 6.54 Å². The summed E-state index contributed by atoms with van der Waals surface area (Å²) in [6, 6.07) is 2.12. The van der Waals surface area contributed by atoms with Crippen LogP contribution in [0.1, 0.15) is 30.6 Å². The number of non-ortho nitro benzene ring substituents is 1. The van der Waals surface area contributed by atoms with E-state index in [1.165, 1.54) is 4.90 Å². The molecule has 0 aromatic heterocycles. The number of rotatable bonds is 6. The van der Waals surface area contributed by atoms with Crippen LogP contribution in [0.4, 0.5) is 10.1 Å². The third kappa shape index (κ3) is 3.98. The van der Waals surface area contributed by atoms with Gasteiger partial charge in [-0.1, -0.05) is 0 Å². The number of nitro benzene ring substituents is 1. The highest BCUT2D eigenvalue weighted by molar-refractivity contribution is 5.95. The first-order valence-electron chi connectivity index (χ1n) is 6.24. The lowest BCUT2D eigenvalue weighted by Crippen LogP contribution is -2.40. The van der Waals surface area contributed by atoms with Gasteiger partial charge in [0.1, 0.15) is 5.82 Å². The largest absolute Gasteiger partial charge is 0.481 e. The van der Waals surface area contributed by atoms with Gasteiger partial charge in [-0.25, -0.2) is 4.39 Å². The van der Waals surface area contributed by atoms with Crippen molar-refractivity contribution in [1.29, 1.82) is 0 Å². The van der Waals surface area contributed by atoms with E-state index in [1.807, 2.05) is 0 Å². The molecule has 0 spiro atoms. The number of benzene rings is 1. The standard InChI is InChI=1S/C13H15FN2O5/c1-3-15(8(2)6-12(17)18)13(19)10-5-4-9(16(20)21)7-11(10)14/h4-5,7-8H,3,6H2,1-2H3,(H,17,18). The zero-order valence-electron chi connectivity index (χ0n) is 11.6. The van der Waals surface area contributed by atoms with E-state index in [4.69, 9.17) is 5.11 Å². The SMILES string of the molecule is CCN(C(=O)c1ccc([N+](=O)[O-])cc1F)C(C)CC(=O)O. The van der Waals surface area contributed by atoms with Crippen molar-refractivity contribution >= 4 is 17.6 Å². The molecule has 1 unspecified atom stereocenters. The van der Waals surface area contributed by atoms with Gasteiger partial charge in [-0.2, -0.15) is 0 Å². The van der Waals surface area contributed by atoms with E-state index in [9.17, 15) is 24.1 Å². The molecule has 0 saturated carbocycles. The Labute approximate surface area is 120 Å². The molecule has 0 saturated heterocycles. The van der Waals surface area contributed by atoms with Crippen molar-refractivity contribution in [1.82, 2.24) is 4.90 Å².